The largest absolute Gasteiger partial charge is 0.454 e. The third-order valence-electron chi connectivity index (χ3n) is 7.88. The van der Waals surface area contributed by atoms with Crippen LogP contribution in [0.5, 0.6) is 0 Å². The van der Waals surface area contributed by atoms with E-state index in [0.717, 1.165) is 71.8 Å². The molecule has 6 heteroatoms. The van der Waals surface area contributed by atoms with E-state index in [0.29, 0.717) is 5.92 Å². The zero-order chi connectivity index (χ0) is 25.1. The first-order valence-corrected chi connectivity index (χ1v) is 13.1. The van der Waals surface area contributed by atoms with Gasteiger partial charge in [0.05, 0.1) is 13.1 Å². The Morgan fingerprint density at radius 3 is 2.30 bits per heavy atom. The number of rotatable bonds is 8. The van der Waals surface area contributed by atoms with Crippen LogP contribution in [0.25, 0.3) is 11.3 Å². The number of hydrogen-bond donors (Lipinski definition) is 1. The van der Waals surface area contributed by atoms with E-state index in [1.807, 2.05) is 91.0 Å². The molecule has 6 nitrogen and oxygen atoms in total. The Morgan fingerprint density at radius 2 is 1.59 bits per heavy atom. The molecule has 1 aromatic heterocycles. The molecule has 7 rings (SSSR count). The fourth-order valence-electron chi connectivity index (χ4n) is 5.89. The summed E-state index contributed by atoms with van der Waals surface area (Å²) in [5.74, 6) is 0.982. The highest BCUT2D eigenvalue weighted by molar-refractivity contribution is 5.81. The Balaban J connectivity index is 1.17. The fourth-order valence-corrected chi connectivity index (χ4v) is 5.89. The molecule has 0 spiro atoms. The number of para-hydroxylation sites is 1. The molecule has 3 aliphatic rings. The van der Waals surface area contributed by atoms with Crippen LogP contribution in [-0.2, 0) is 16.1 Å². The summed E-state index contributed by atoms with van der Waals surface area (Å²) in [7, 11) is 0. The number of fused-ring (bicyclic) bond motifs is 3. The van der Waals surface area contributed by atoms with Crippen molar-refractivity contribution in [3.63, 3.8) is 0 Å². The standard InChI is InChI=1S/C31H32N3O3/c35-31(30(25-12-6-2-7-13-25)32-26-14-8-3-9-15-26)36-29-22-34(18-16-24(29)17-19-34)21-27-20-28(37-33-27)23-10-4-1-5-11-23/h1-15,20,24,29-30,32H,16-19,21-22H2/q+1/t24?,29-,30+,34?/m0/s1. The van der Waals surface area contributed by atoms with Gasteiger partial charge in [-0.05, 0) is 17.7 Å². The number of nitrogens with one attached hydrogen (secondary N) is 1. The minimum Gasteiger partial charge on any atom is -0.454 e. The summed E-state index contributed by atoms with van der Waals surface area (Å²) < 4.78 is 12.8. The molecule has 0 aliphatic carbocycles. The lowest BCUT2D eigenvalue weighted by Crippen LogP contribution is -2.64. The molecule has 37 heavy (non-hydrogen) atoms. The molecule has 4 aromatic rings. The van der Waals surface area contributed by atoms with Crippen molar-refractivity contribution in [2.75, 3.05) is 25.0 Å². The Hall–Kier alpha value is -3.90. The van der Waals surface area contributed by atoms with Crippen LogP contribution in [0.3, 0.4) is 0 Å². The van der Waals surface area contributed by atoms with E-state index in [9.17, 15) is 4.79 Å². The second-order valence-electron chi connectivity index (χ2n) is 10.3. The van der Waals surface area contributed by atoms with Gasteiger partial charge in [-0.1, -0.05) is 84.0 Å². The van der Waals surface area contributed by atoms with E-state index in [1.54, 1.807) is 0 Å². The van der Waals surface area contributed by atoms with Crippen molar-refractivity contribution >= 4 is 11.7 Å². The van der Waals surface area contributed by atoms with Crippen LogP contribution < -0.4 is 5.32 Å². The van der Waals surface area contributed by atoms with Crippen LogP contribution in [0.15, 0.2) is 102 Å². The second kappa shape index (κ2) is 10.2. The number of anilines is 1. The van der Waals surface area contributed by atoms with Crippen LogP contribution in [-0.4, -0.2) is 41.3 Å². The summed E-state index contributed by atoms with van der Waals surface area (Å²) in [5.41, 5.74) is 3.78. The molecule has 2 atom stereocenters. The predicted molar refractivity (Wildman–Crippen MR) is 142 cm³/mol. The average molecular weight is 495 g/mol. The van der Waals surface area contributed by atoms with Crippen molar-refractivity contribution in [2.24, 2.45) is 5.92 Å². The number of aromatic nitrogens is 1. The van der Waals surface area contributed by atoms with Crippen molar-refractivity contribution in [2.45, 2.75) is 31.5 Å². The van der Waals surface area contributed by atoms with Crippen molar-refractivity contribution in [1.29, 1.82) is 0 Å². The molecule has 0 amide bonds. The van der Waals surface area contributed by atoms with Gasteiger partial charge in [0.1, 0.15) is 18.8 Å². The number of benzene rings is 3. The van der Waals surface area contributed by atoms with Gasteiger partial charge in [-0.2, -0.15) is 0 Å². The molecule has 1 N–H and O–H groups in total. The minimum atomic E-state index is -0.559. The molecular formula is C31H32N3O3+. The third kappa shape index (κ3) is 5.16. The Morgan fingerprint density at radius 1 is 0.946 bits per heavy atom. The van der Waals surface area contributed by atoms with Crippen molar-refractivity contribution in [3.05, 3.63) is 108 Å². The van der Waals surface area contributed by atoms with Crippen LogP contribution in [0.1, 0.15) is 30.1 Å². The first-order chi connectivity index (χ1) is 18.2. The summed E-state index contributed by atoms with van der Waals surface area (Å²) in [5, 5.41) is 7.78. The summed E-state index contributed by atoms with van der Waals surface area (Å²) in [6.07, 6.45) is 2.02. The Bertz CT molecular complexity index is 1320. The molecule has 3 aliphatic heterocycles. The normalized spacial score (nSPS) is 23.4. The third-order valence-corrected chi connectivity index (χ3v) is 7.88. The van der Waals surface area contributed by atoms with Gasteiger partial charge in [0.2, 0.25) is 0 Å². The first-order valence-electron chi connectivity index (χ1n) is 13.1. The van der Waals surface area contributed by atoms with E-state index in [1.165, 1.54) is 0 Å². The summed E-state index contributed by atoms with van der Waals surface area (Å²) in [6.45, 7) is 3.77. The highest BCUT2D eigenvalue weighted by atomic mass is 16.5. The number of piperidine rings is 3. The lowest BCUT2D eigenvalue weighted by molar-refractivity contribution is -0.958. The fraction of sp³-hybridized carbons (Fsp3) is 0.290. The number of quaternary nitrogens is 1. The second-order valence-corrected chi connectivity index (χ2v) is 10.3. The molecule has 3 fully saturated rings. The van der Waals surface area contributed by atoms with E-state index >= 15 is 0 Å². The Labute approximate surface area is 217 Å². The highest BCUT2D eigenvalue weighted by Gasteiger charge is 2.48. The number of nitrogens with zero attached hydrogens (tertiary/aromatic N) is 2. The number of hydrogen-bond acceptors (Lipinski definition) is 5. The van der Waals surface area contributed by atoms with Crippen molar-refractivity contribution in [3.8, 4) is 11.3 Å². The maximum absolute atomic E-state index is 13.6. The molecule has 0 unspecified atom stereocenters. The maximum Gasteiger partial charge on any atom is 0.333 e. The number of carbonyl (C=O) groups excluding carboxylic acids is 1. The van der Waals surface area contributed by atoms with Gasteiger partial charge in [0.25, 0.3) is 0 Å². The summed E-state index contributed by atoms with van der Waals surface area (Å²) in [4.78, 5) is 13.6. The lowest BCUT2D eigenvalue weighted by Gasteiger charge is -2.51. The van der Waals surface area contributed by atoms with Gasteiger partial charge < -0.3 is 19.1 Å². The highest BCUT2D eigenvalue weighted by Crippen LogP contribution is 2.38. The lowest BCUT2D eigenvalue weighted by atomic mass is 9.83. The van der Waals surface area contributed by atoms with E-state index in [-0.39, 0.29) is 12.1 Å². The molecule has 4 heterocycles. The predicted octanol–water partition coefficient (Wildman–Crippen LogP) is 5.85. The maximum atomic E-state index is 13.6. The van der Waals surface area contributed by atoms with Crippen molar-refractivity contribution < 1.29 is 18.5 Å². The Kier molecular flexibility index (Phi) is 6.49. The average Bonchev–Trinajstić information content (AvgIpc) is 3.41. The van der Waals surface area contributed by atoms with Gasteiger partial charge in [0.15, 0.2) is 17.9 Å². The zero-order valence-corrected chi connectivity index (χ0v) is 20.8. The zero-order valence-electron chi connectivity index (χ0n) is 20.8. The smallest absolute Gasteiger partial charge is 0.333 e. The molecule has 0 saturated carbocycles. The molecule has 188 valence electrons. The summed E-state index contributed by atoms with van der Waals surface area (Å²) >= 11 is 0. The SMILES string of the molecule is O=C(O[C@H]1C[N+]2(Cc3cc(-c4ccccc4)on3)CCC1CC2)[C@H](Nc1ccccc1)c1ccccc1. The number of carbonyl (C=O) groups is 1. The molecule has 0 radical (unpaired) electrons. The molecular weight excluding hydrogens is 462 g/mol. The summed E-state index contributed by atoms with van der Waals surface area (Å²) in [6, 6.07) is 31.2. The van der Waals surface area contributed by atoms with Crippen molar-refractivity contribution in [1.82, 2.24) is 5.16 Å². The van der Waals surface area contributed by atoms with Crippen LogP contribution in [0.2, 0.25) is 0 Å². The van der Waals surface area contributed by atoms with Gasteiger partial charge in [-0.25, -0.2) is 4.79 Å². The molecule has 2 bridgehead atoms. The first kappa shape index (κ1) is 23.5. The number of ether oxygens (including phenoxy) is 1. The van der Waals surface area contributed by atoms with Gasteiger partial charge >= 0.3 is 5.97 Å². The van der Waals surface area contributed by atoms with E-state index in [4.69, 9.17) is 9.26 Å². The van der Waals surface area contributed by atoms with Gasteiger partial charge in [-0.3, -0.25) is 0 Å². The monoisotopic (exact) mass is 494 g/mol. The van der Waals surface area contributed by atoms with E-state index in [2.05, 4.69) is 16.5 Å². The quantitative estimate of drug-likeness (QED) is 0.246. The van der Waals surface area contributed by atoms with Crippen LogP contribution >= 0.6 is 0 Å². The van der Waals surface area contributed by atoms with E-state index < -0.39 is 6.04 Å². The minimum absolute atomic E-state index is 0.0979. The molecule has 3 saturated heterocycles. The van der Waals surface area contributed by atoms with Gasteiger partial charge in [-0.15, -0.1) is 0 Å². The van der Waals surface area contributed by atoms with Gasteiger partial charge in [0, 0.05) is 36.1 Å². The van der Waals surface area contributed by atoms with Crippen LogP contribution in [0.4, 0.5) is 5.69 Å². The topological polar surface area (TPSA) is 64.4 Å². The van der Waals surface area contributed by atoms with Crippen LogP contribution in [0, 0.1) is 5.92 Å². The number of esters is 1. The molecule has 3 aromatic carbocycles.